The van der Waals surface area contributed by atoms with Gasteiger partial charge in [-0.25, -0.2) is 0 Å². The van der Waals surface area contributed by atoms with Gasteiger partial charge in [0, 0.05) is 168 Å². The number of aliphatic hydroxyl groups is 4. The van der Waals surface area contributed by atoms with Gasteiger partial charge >= 0.3 is 0 Å². The Labute approximate surface area is 926 Å². The zero-order valence-corrected chi connectivity index (χ0v) is 101. The van der Waals surface area contributed by atoms with E-state index in [2.05, 4.69) is 252 Å². The summed E-state index contributed by atoms with van der Waals surface area (Å²) in [5.74, 6) is 4.44. The van der Waals surface area contributed by atoms with Crippen LogP contribution in [0.1, 0.15) is 309 Å². The molecule has 0 atom stereocenters. The van der Waals surface area contributed by atoms with Gasteiger partial charge in [0.25, 0.3) is 0 Å². The smallest absolute Gasteiger partial charge is 0.162 e. The first-order valence-electron chi connectivity index (χ1n) is 52.9. The summed E-state index contributed by atoms with van der Waals surface area (Å²) < 4.78 is 0. The monoisotopic (exact) mass is 2670 g/mol. The maximum absolute atomic E-state index is 11.8. The van der Waals surface area contributed by atoms with Gasteiger partial charge in [0.1, 0.15) is 0 Å². The molecule has 12 nitrogen and oxygen atoms in total. The molecule has 4 N–H and O–H groups in total. The normalized spacial score (nSPS) is 12.7. The van der Waals surface area contributed by atoms with Crippen molar-refractivity contribution in [2.75, 3.05) is 0 Å². The predicted octanol–water partition coefficient (Wildman–Crippen LogP) is 35.2. The summed E-state index contributed by atoms with van der Waals surface area (Å²) >= 11 is 0. The SMILES string of the molecule is CCC(CC)C(=O)C=C(O)C(CC)CC.CCC(CC)C(=O)C=C(O)C(CC)CC.CCC(CC)C(=O)C=C(O)C(CC)CC.Cc1[c-]c(-c2ccc3c(C(C)C)cccc3n2)cc(C)c1.Cc1[c-]c(-c2ccc3c(CC(C)C)cccc3n2)cc(C)c1.Cc1[c-]c(-c2ccc3c(CC(C)C)cccc3n2)cc(C)c1.O=C(C=C(O)C1CCCC1)C1CCCC1.[Ir].[Ir].[Ir].[Ir].[c-]1ccccc1-c1ccc2ccccc2n1. The second kappa shape index (κ2) is 68.5. The standard InChI is InChI=1S/2C21H22N.C20H20N.C15H10N.C13H20O2.3C13H24O2.4Ir/c2*1-14(2)10-17-6-5-7-21-19(17)8-9-20(22-21)18-12-15(3)11-16(4)13-18;1-13(2)17-6-5-7-20-18(17)8-9-19(21-20)16-11-14(3)10-15(4)12-16;1-2-6-12(7-3-1)15-11-10-13-8-4-5-9-14(13)16-15;14-12(10-5-1-2-6-10)9-13(15)11-7-3-4-8-11;3*1-5-10(6-2)12(14)9-13(15)11(7-3)8-4;;;;/h2*5-9,11-12,14H,10H2,1-4H3;5-11,13H,1-4H3;1-6,8-11H;9-11,14H,1-8H2;3*9-11,14H,5-8H2,1-4H3;;;;/q4*-1;;;;;;;;. The first-order valence-corrected chi connectivity index (χ1v) is 52.9. The van der Waals surface area contributed by atoms with E-state index >= 15 is 0 Å². The molecule has 790 valence electrons. The number of fused-ring (bicyclic) bond motifs is 4. The zero-order valence-electron chi connectivity index (χ0n) is 91.2. The molecule has 4 heterocycles. The number of ketones is 4. The van der Waals surface area contributed by atoms with Crippen LogP contribution in [0.15, 0.2) is 235 Å². The molecule has 2 aliphatic carbocycles. The zero-order chi connectivity index (χ0) is 103. The number of aromatic nitrogens is 4. The van der Waals surface area contributed by atoms with E-state index in [-0.39, 0.29) is 168 Å². The third kappa shape index (κ3) is 42.1. The van der Waals surface area contributed by atoms with Crippen LogP contribution >= 0.6 is 0 Å². The maximum Gasteiger partial charge on any atom is 0.162 e. The summed E-state index contributed by atoms with van der Waals surface area (Å²) in [6, 6.07) is 78.7. The summed E-state index contributed by atoms with van der Waals surface area (Å²) in [6.07, 6.45) is 27.3. The summed E-state index contributed by atoms with van der Waals surface area (Å²) in [5, 5.41) is 44.1. The number of nitrogens with zero attached hydrogens (tertiary/aromatic N) is 4. The fraction of sp³-hybridized carbons (Fsp3) is 0.442. The van der Waals surface area contributed by atoms with Crippen molar-refractivity contribution in [1.82, 2.24) is 19.9 Å². The number of hydrogen-bond acceptors (Lipinski definition) is 12. The second-order valence-corrected chi connectivity index (χ2v) is 39.7. The van der Waals surface area contributed by atoms with Crippen molar-refractivity contribution in [2.24, 2.45) is 59.2 Å². The van der Waals surface area contributed by atoms with Crippen molar-refractivity contribution >= 4 is 66.7 Å². The first kappa shape index (κ1) is 130. The van der Waals surface area contributed by atoms with Crippen molar-refractivity contribution in [1.29, 1.82) is 0 Å². The molecule has 0 saturated heterocycles. The van der Waals surface area contributed by atoms with E-state index < -0.39 is 0 Å². The second-order valence-electron chi connectivity index (χ2n) is 39.7. The number of para-hydroxylation sites is 1. The minimum Gasteiger partial charge on any atom is -0.512 e. The van der Waals surface area contributed by atoms with Gasteiger partial charge in [-0.05, 0) is 202 Å². The van der Waals surface area contributed by atoms with Crippen LogP contribution in [-0.4, -0.2) is 63.5 Å². The largest absolute Gasteiger partial charge is 0.512 e. The Kier molecular flexibility index (Phi) is 61.4. The van der Waals surface area contributed by atoms with E-state index in [1.165, 1.54) is 105 Å². The summed E-state index contributed by atoms with van der Waals surface area (Å²) in [6.45, 7) is 50.3. The van der Waals surface area contributed by atoms with E-state index in [0.717, 1.165) is 199 Å². The van der Waals surface area contributed by atoms with Crippen molar-refractivity contribution in [3.05, 3.63) is 310 Å². The van der Waals surface area contributed by atoms with Crippen molar-refractivity contribution < 1.29 is 120 Å². The molecular weight excluding hydrogens is 2500 g/mol. The molecule has 4 aromatic heterocycles. The molecular formula is C129H166Ir4N4O8-4. The molecule has 0 amide bonds. The Bertz CT molecular complexity index is 5700. The van der Waals surface area contributed by atoms with Crippen LogP contribution in [0, 0.1) is 125 Å². The van der Waals surface area contributed by atoms with Crippen LogP contribution in [0.4, 0.5) is 0 Å². The quantitative estimate of drug-likeness (QED) is 0.0173. The molecule has 2 fully saturated rings. The van der Waals surface area contributed by atoms with Crippen LogP contribution < -0.4 is 0 Å². The van der Waals surface area contributed by atoms with E-state index in [4.69, 9.17) is 15.0 Å². The minimum absolute atomic E-state index is 0. The number of carbonyl (C=O) groups excluding carboxylic acids is 4. The number of allylic oxidation sites excluding steroid dienone is 8. The summed E-state index contributed by atoms with van der Waals surface area (Å²) in [5.41, 5.74) is 23.8. The fourth-order valence-corrected chi connectivity index (χ4v) is 18.8. The first-order chi connectivity index (χ1) is 67.6. The third-order valence-electron chi connectivity index (χ3n) is 27.2. The van der Waals surface area contributed by atoms with Gasteiger partial charge in [-0.3, -0.25) is 39.1 Å². The number of carbonyl (C=O) groups is 4. The summed E-state index contributed by atoms with van der Waals surface area (Å²) in [7, 11) is 0. The number of benzene rings is 8. The molecule has 8 aromatic carbocycles. The Morgan fingerprint density at radius 2 is 0.641 bits per heavy atom. The topological polar surface area (TPSA) is 201 Å². The molecule has 145 heavy (non-hydrogen) atoms. The van der Waals surface area contributed by atoms with Crippen molar-refractivity contribution in [3.8, 4) is 45.0 Å². The minimum atomic E-state index is 0. The van der Waals surface area contributed by atoms with Gasteiger partial charge in [-0.2, -0.15) is 0 Å². The van der Waals surface area contributed by atoms with Gasteiger partial charge < -0.3 is 20.4 Å². The Hall–Kier alpha value is -9.16. The molecule has 2 aliphatic rings. The Morgan fingerprint density at radius 1 is 0.331 bits per heavy atom. The molecule has 2 saturated carbocycles. The average molecular weight is 2670 g/mol. The molecule has 4 radical (unpaired) electrons. The van der Waals surface area contributed by atoms with Crippen LogP contribution in [0.2, 0.25) is 0 Å². The Morgan fingerprint density at radius 3 is 0.979 bits per heavy atom. The van der Waals surface area contributed by atoms with Gasteiger partial charge in [0.05, 0.1) is 45.1 Å². The van der Waals surface area contributed by atoms with E-state index in [1.807, 2.05) is 132 Å². The van der Waals surface area contributed by atoms with Gasteiger partial charge in [0.15, 0.2) is 23.1 Å². The van der Waals surface area contributed by atoms with Gasteiger partial charge in [-0.1, -0.05) is 295 Å². The van der Waals surface area contributed by atoms with Crippen LogP contribution in [0.5, 0.6) is 0 Å². The molecule has 14 rings (SSSR count). The number of aryl methyl sites for hydroxylation is 6. The molecule has 0 spiro atoms. The van der Waals surface area contributed by atoms with Crippen molar-refractivity contribution in [3.63, 3.8) is 0 Å². The predicted molar refractivity (Wildman–Crippen MR) is 595 cm³/mol. The van der Waals surface area contributed by atoms with E-state index in [1.54, 1.807) is 0 Å². The van der Waals surface area contributed by atoms with E-state index in [0.29, 0.717) is 23.5 Å². The average Bonchev–Trinajstić information content (AvgIpc) is 0.922. The van der Waals surface area contributed by atoms with Crippen LogP contribution in [0.3, 0.4) is 0 Å². The molecule has 0 bridgehead atoms. The number of rotatable bonds is 33. The van der Waals surface area contributed by atoms with Gasteiger partial charge in [-0.15, -0.1) is 141 Å². The number of aliphatic hydroxyl groups excluding tert-OH is 4. The maximum atomic E-state index is 11.8. The molecule has 12 aromatic rings. The third-order valence-corrected chi connectivity index (χ3v) is 27.2. The van der Waals surface area contributed by atoms with Crippen LogP contribution in [0.25, 0.3) is 88.6 Å². The Balaban J connectivity index is 0.000000427. The van der Waals surface area contributed by atoms with Crippen molar-refractivity contribution in [2.45, 2.75) is 313 Å². The summed E-state index contributed by atoms with van der Waals surface area (Å²) in [4.78, 5) is 66.1. The van der Waals surface area contributed by atoms with Crippen LogP contribution in [-0.2, 0) is 112 Å². The molecule has 16 heteroatoms. The molecule has 0 aliphatic heterocycles. The fourth-order valence-electron chi connectivity index (χ4n) is 18.8. The van der Waals surface area contributed by atoms with E-state index in [9.17, 15) is 39.6 Å². The number of pyridine rings is 4. The van der Waals surface area contributed by atoms with Gasteiger partial charge in [0.2, 0.25) is 0 Å². The molecule has 0 unspecified atom stereocenters. The number of hydrogen-bond donors (Lipinski definition) is 4.